The van der Waals surface area contributed by atoms with Crippen molar-refractivity contribution in [3.8, 4) is 0 Å². The van der Waals surface area contributed by atoms with Gasteiger partial charge in [0.05, 0.1) is 0 Å². The van der Waals surface area contributed by atoms with Gasteiger partial charge in [0.25, 0.3) is 0 Å². The van der Waals surface area contributed by atoms with Gasteiger partial charge in [-0.2, -0.15) is 0 Å². The van der Waals surface area contributed by atoms with Crippen LogP contribution < -0.4 is 0 Å². The predicted octanol–water partition coefficient (Wildman–Crippen LogP) is 5.71. The summed E-state index contributed by atoms with van der Waals surface area (Å²) in [5, 5.41) is 0. The van der Waals surface area contributed by atoms with Crippen molar-refractivity contribution in [2.75, 3.05) is 0 Å². The van der Waals surface area contributed by atoms with Crippen molar-refractivity contribution in [2.45, 2.75) is 90.9 Å². The second kappa shape index (κ2) is 3.36. The van der Waals surface area contributed by atoms with Crippen molar-refractivity contribution in [1.82, 2.24) is 0 Å². The van der Waals surface area contributed by atoms with Crippen LogP contribution in [0.1, 0.15) is 90.9 Å². The molecular weight excluding hydrogens is 216 g/mol. The molecule has 0 aromatic rings. The molecule has 0 radical (unpaired) electrons. The molecule has 5 aliphatic carbocycles. The van der Waals surface area contributed by atoms with E-state index < -0.39 is 0 Å². The third-order valence-corrected chi connectivity index (χ3v) is 7.59. The van der Waals surface area contributed by atoms with Crippen molar-refractivity contribution in [2.24, 2.45) is 21.7 Å². The Kier molecular flexibility index (Phi) is 2.20. The first-order valence-corrected chi connectivity index (χ1v) is 8.61. The Bertz CT molecular complexity index is 348. The maximum absolute atomic E-state index is 2.48. The summed E-state index contributed by atoms with van der Waals surface area (Å²) in [4.78, 5) is 0. The largest absolute Gasteiger partial charge is 0.0654 e. The van der Waals surface area contributed by atoms with E-state index in [0.717, 1.165) is 21.7 Å². The average Bonchev–Trinajstić information content (AvgIpc) is 2.73. The lowest BCUT2D eigenvalue weighted by Crippen LogP contribution is -2.39. The molecule has 2 unspecified atom stereocenters. The van der Waals surface area contributed by atoms with Crippen LogP contribution in [0.2, 0.25) is 0 Å². The van der Waals surface area contributed by atoms with E-state index in [1.165, 1.54) is 32.1 Å². The Balaban J connectivity index is 1.48. The molecule has 4 bridgehead atoms. The molecule has 0 aliphatic heterocycles. The zero-order chi connectivity index (χ0) is 12.5. The lowest BCUT2D eigenvalue weighted by atomic mass is 9.54. The monoisotopic (exact) mass is 246 g/mol. The van der Waals surface area contributed by atoms with E-state index in [-0.39, 0.29) is 0 Å². The van der Waals surface area contributed by atoms with Gasteiger partial charge in [0.2, 0.25) is 0 Å². The summed E-state index contributed by atoms with van der Waals surface area (Å²) in [6, 6.07) is 0. The minimum Gasteiger partial charge on any atom is -0.0654 e. The van der Waals surface area contributed by atoms with Crippen molar-refractivity contribution >= 4 is 0 Å². The molecule has 4 atom stereocenters. The highest BCUT2D eigenvalue weighted by molar-refractivity contribution is 5.33. The van der Waals surface area contributed by atoms with E-state index in [2.05, 4.69) is 13.8 Å². The number of hydrogen-bond acceptors (Lipinski definition) is 0. The van der Waals surface area contributed by atoms with Crippen LogP contribution in [0.5, 0.6) is 0 Å². The summed E-state index contributed by atoms with van der Waals surface area (Å²) in [6.07, 6.45) is 18.8. The number of hydrogen-bond donors (Lipinski definition) is 0. The molecule has 5 fully saturated rings. The van der Waals surface area contributed by atoms with Gasteiger partial charge in [0.15, 0.2) is 0 Å². The quantitative estimate of drug-likeness (QED) is 0.527. The maximum atomic E-state index is 2.48. The summed E-state index contributed by atoms with van der Waals surface area (Å²) in [6.45, 7) is 4.81. The molecule has 0 N–H and O–H groups in total. The molecular formula is C18H30. The van der Waals surface area contributed by atoms with Crippen molar-refractivity contribution in [1.29, 1.82) is 0 Å². The molecule has 0 aromatic heterocycles. The molecule has 0 amide bonds. The lowest BCUT2D eigenvalue weighted by molar-refractivity contribution is 0.00162. The van der Waals surface area contributed by atoms with Crippen LogP contribution in [0.4, 0.5) is 0 Å². The average molecular weight is 246 g/mol. The van der Waals surface area contributed by atoms with Crippen LogP contribution in [-0.2, 0) is 0 Å². The molecule has 0 heterocycles. The van der Waals surface area contributed by atoms with Gasteiger partial charge in [-0.1, -0.05) is 46.0 Å². The van der Waals surface area contributed by atoms with Gasteiger partial charge in [0, 0.05) is 0 Å². The fraction of sp³-hybridized carbons (Fsp3) is 1.00. The van der Waals surface area contributed by atoms with Gasteiger partial charge in [-0.15, -0.1) is 0 Å². The minimum absolute atomic E-state index is 0.819. The van der Waals surface area contributed by atoms with Crippen molar-refractivity contribution in [3.63, 3.8) is 0 Å². The van der Waals surface area contributed by atoms with E-state index in [4.69, 9.17) is 0 Å². The van der Waals surface area contributed by atoms with Crippen LogP contribution in [-0.4, -0.2) is 0 Å². The summed E-state index contributed by atoms with van der Waals surface area (Å²) >= 11 is 0. The molecule has 102 valence electrons. The predicted molar refractivity (Wildman–Crippen MR) is 76.5 cm³/mol. The normalized spacial score (nSPS) is 55.0. The second-order valence-corrected chi connectivity index (χ2v) is 8.79. The van der Waals surface area contributed by atoms with Gasteiger partial charge in [-0.05, 0) is 66.6 Å². The topological polar surface area (TPSA) is 0 Å². The molecule has 2 spiro atoms. The number of rotatable bonds is 6. The van der Waals surface area contributed by atoms with Gasteiger partial charge in [-0.3, -0.25) is 0 Å². The van der Waals surface area contributed by atoms with Crippen LogP contribution in [0.15, 0.2) is 0 Å². The summed E-state index contributed by atoms with van der Waals surface area (Å²) in [5.41, 5.74) is 3.44. The van der Waals surface area contributed by atoms with Crippen LogP contribution in [0.3, 0.4) is 0 Å². The molecule has 18 heavy (non-hydrogen) atoms. The van der Waals surface area contributed by atoms with Crippen molar-refractivity contribution < 1.29 is 0 Å². The van der Waals surface area contributed by atoms with Crippen LogP contribution >= 0.6 is 0 Å². The smallest absolute Gasteiger partial charge is 0.0224 e. The zero-order valence-corrected chi connectivity index (χ0v) is 12.5. The fourth-order valence-corrected chi connectivity index (χ4v) is 7.34. The molecule has 0 saturated heterocycles. The molecule has 0 heteroatoms. The van der Waals surface area contributed by atoms with E-state index in [1.54, 1.807) is 44.9 Å². The first-order chi connectivity index (χ1) is 8.61. The maximum Gasteiger partial charge on any atom is -0.0224 e. The first kappa shape index (κ1) is 11.8. The van der Waals surface area contributed by atoms with Crippen LogP contribution in [0, 0.1) is 21.7 Å². The second-order valence-electron chi connectivity index (χ2n) is 8.79. The highest BCUT2D eigenvalue weighted by atomic mass is 14.9. The summed E-state index contributed by atoms with van der Waals surface area (Å²) < 4.78 is 0. The van der Waals surface area contributed by atoms with Gasteiger partial charge in [-0.25, -0.2) is 0 Å². The Labute approximate surface area is 113 Å². The summed E-state index contributed by atoms with van der Waals surface area (Å²) in [7, 11) is 0. The van der Waals surface area contributed by atoms with Crippen molar-refractivity contribution in [3.05, 3.63) is 0 Å². The third-order valence-electron chi connectivity index (χ3n) is 7.59. The molecule has 5 rings (SSSR count). The highest BCUT2D eigenvalue weighted by Crippen LogP contribution is 2.93. The fourth-order valence-electron chi connectivity index (χ4n) is 7.34. The summed E-state index contributed by atoms with van der Waals surface area (Å²) in [5.74, 6) is 0. The van der Waals surface area contributed by atoms with E-state index >= 15 is 0 Å². The molecule has 5 aliphatic rings. The Hall–Kier alpha value is 0. The van der Waals surface area contributed by atoms with Crippen LogP contribution in [0.25, 0.3) is 0 Å². The molecule has 5 saturated carbocycles. The Morgan fingerprint density at radius 3 is 1.94 bits per heavy atom. The lowest BCUT2D eigenvalue weighted by Gasteiger charge is -2.50. The van der Waals surface area contributed by atoms with E-state index in [1.807, 2.05) is 0 Å². The Morgan fingerprint density at radius 1 is 0.667 bits per heavy atom. The number of unbranched alkanes of at least 4 members (excludes halogenated alkanes) is 3. The zero-order valence-electron chi connectivity index (χ0n) is 12.5. The van der Waals surface area contributed by atoms with Gasteiger partial charge >= 0.3 is 0 Å². The molecule has 0 nitrogen and oxygen atoms in total. The molecule has 0 aromatic carbocycles. The standard InChI is InChI=1S/C18H30/c1-3-5-6-7-8-16-9-15(4-2)10-17(12-16)14-18(17,11-15)13-16/h3-14H2,1-2H3/t15?,16?,17-,18+. The Morgan fingerprint density at radius 2 is 1.33 bits per heavy atom. The first-order valence-electron chi connectivity index (χ1n) is 8.61. The van der Waals surface area contributed by atoms with E-state index in [0.29, 0.717) is 0 Å². The third kappa shape index (κ3) is 1.28. The van der Waals surface area contributed by atoms with Gasteiger partial charge in [0.1, 0.15) is 0 Å². The minimum atomic E-state index is 0.819. The van der Waals surface area contributed by atoms with Gasteiger partial charge < -0.3 is 0 Å². The highest BCUT2D eigenvalue weighted by Gasteiger charge is 2.84. The SMILES string of the molecule is CCCCCCC12CC3(CC)C[C@]4(C1)C[C@@]4(C3)C2. The van der Waals surface area contributed by atoms with E-state index in [9.17, 15) is 0 Å².